The first kappa shape index (κ1) is 17.5. The maximum Gasteiger partial charge on any atom is 0.410 e. The van der Waals surface area contributed by atoms with Crippen LogP contribution in [0.1, 0.15) is 43.6 Å². The van der Waals surface area contributed by atoms with Gasteiger partial charge < -0.3 is 14.7 Å². The van der Waals surface area contributed by atoms with E-state index in [0.29, 0.717) is 30.5 Å². The van der Waals surface area contributed by atoms with Gasteiger partial charge in [0.1, 0.15) is 11.1 Å². The van der Waals surface area contributed by atoms with Crippen molar-refractivity contribution in [1.82, 2.24) is 19.9 Å². The Balaban J connectivity index is 1.83. The smallest absolute Gasteiger partial charge is 0.410 e. The molecule has 1 aliphatic rings. The lowest BCUT2D eigenvalue weighted by atomic mass is 10.2. The van der Waals surface area contributed by atoms with Crippen LogP contribution in [0.2, 0.25) is 5.02 Å². The average molecular weight is 367 g/mol. The Kier molecular flexibility index (Phi) is 4.32. The zero-order valence-corrected chi connectivity index (χ0v) is 14.9. The van der Waals surface area contributed by atoms with E-state index in [0.717, 1.165) is 0 Å². The Morgan fingerprint density at radius 3 is 2.72 bits per heavy atom. The largest absolute Gasteiger partial charge is 0.478 e. The van der Waals surface area contributed by atoms with E-state index in [2.05, 4.69) is 10.3 Å². The lowest BCUT2D eigenvalue weighted by molar-refractivity contribution is 0.0288. The molecule has 0 aliphatic carbocycles. The molecule has 0 bridgehead atoms. The topological polar surface area (TPSA) is 97.5 Å². The van der Waals surface area contributed by atoms with Crippen molar-refractivity contribution in [3.05, 3.63) is 22.7 Å². The summed E-state index contributed by atoms with van der Waals surface area (Å²) in [5.74, 6) is -1.11. The molecule has 1 aromatic heterocycles. The fourth-order valence-corrected chi connectivity index (χ4v) is 3.07. The number of carbonyl (C=O) groups excluding carboxylic acids is 1. The lowest BCUT2D eigenvalue weighted by Crippen LogP contribution is -2.35. The minimum Gasteiger partial charge on any atom is -0.478 e. The molecule has 0 spiro atoms. The Morgan fingerprint density at radius 2 is 2.08 bits per heavy atom. The van der Waals surface area contributed by atoms with Crippen LogP contribution >= 0.6 is 11.6 Å². The summed E-state index contributed by atoms with van der Waals surface area (Å²) >= 11 is 6.05. The van der Waals surface area contributed by atoms with Gasteiger partial charge in [0, 0.05) is 13.1 Å². The Morgan fingerprint density at radius 1 is 1.36 bits per heavy atom. The second-order valence-electron chi connectivity index (χ2n) is 7.03. The number of fused-ring (bicyclic) bond motifs is 1. The second kappa shape index (κ2) is 6.18. The van der Waals surface area contributed by atoms with Crippen LogP contribution in [-0.4, -0.2) is 55.8 Å². The molecule has 1 atom stereocenters. The molecular formula is C16H19ClN4O4. The zero-order valence-electron chi connectivity index (χ0n) is 14.2. The number of hydrogen-bond donors (Lipinski definition) is 1. The summed E-state index contributed by atoms with van der Waals surface area (Å²) in [5.41, 5.74) is 0.544. The van der Waals surface area contributed by atoms with Gasteiger partial charge in [-0.3, -0.25) is 0 Å². The maximum absolute atomic E-state index is 12.2. The Labute approximate surface area is 149 Å². The van der Waals surface area contributed by atoms with Crippen molar-refractivity contribution in [1.29, 1.82) is 0 Å². The van der Waals surface area contributed by atoms with Crippen molar-refractivity contribution in [3.63, 3.8) is 0 Å². The summed E-state index contributed by atoms with van der Waals surface area (Å²) in [7, 11) is 0. The first-order valence-corrected chi connectivity index (χ1v) is 8.29. The van der Waals surface area contributed by atoms with Gasteiger partial charge in [-0.25, -0.2) is 14.3 Å². The van der Waals surface area contributed by atoms with E-state index in [9.17, 15) is 9.59 Å². The summed E-state index contributed by atoms with van der Waals surface area (Å²) in [4.78, 5) is 25.0. The Bertz CT molecular complexity index is 843. The normalized spacial score (nSPS) is 17.9. The number of likely N-dealkylation sites (tertiary alicyclic amines) is 1. The molecule has 1 aliphatic heterocycles. The summed E-state index contributed by atoms with van der Waals surface area (Å²) in [6, 6.07) is 2.89. The third-order valence-electron chi connectivity index (χ3n) is 3.95. The molecule has 2 aromatic rings. The molecule has 1 saturated heterocycles. The molecule has 0 saturated carbocycles. The van der Waals surface area contributed by atoms with Gasteiger partial charge in [0.05, 0.1) is 22.1 Å². The average Bonchev–Trinajstić information content (AvgIpc) is 3.10. The molecule has 9 heteroatoms. The summed E-state index contributed by atoms with van der Waals surface area (Å²) < 4.78 is 7.08. The highest BCUT2D eigenvalue weighted by Gasteiger charge is 2.32. The van der Waals surface area contributed by atoms with Gasteiger partial charge in [0.25, 0.3) is 0 Å². The number of hydrogen-bond acceptors (Lipinski definition) is 5. The number of nitrogens with zero attached hydrogens (tertiary/aromatic N) is 4. The molecular weight excluding hydrogens is 348 g/mol. The van der Waals surface area contributed by atoms with Gasteiger partial charge >= 0.3 is 12.1 Å². The predicted octanol–water partition coefficient (Wildman–Crippen LogP) is 2.96. The fourth-order valence-electron chi connectivity index (χ4n) is 2.83. The van der Waals surface area contributed by atoms with E-state index in [-0.39, 0.29) is 22.7 Å². The van der Waals surface area contributed by atoms with Crippen LogP contribution in [0, 0.1) is 0 Å². The number of amides is 1. The monoisotopic (exact) mass is 366 g/mol. The van der Waals surface area contributed by atoms with Crippen molar-refractivity contribution in [2.45, 2.75) is 38.8 Å². The number of carboxylic acids is 1. The van der Waals surface area contributed by atoms with Crippen molar-refractivity contribution < 1.29 is 19.4 Å². The van der Waals surface area contributed by atoms with Crippen molar-refractivity contribution in [2.75, 3.05) is 13.1 Å². The number of ether oxygens (including phenoxy) is 1. The first-order valence-electron chi connectivity index (χ1n) is 7.91. The van der Waals surface area contributed by atoms with Crippen LogP contribution in [0.4, 0.5) is 4.79 Å². The molecule has 1 unspecified atom stereocenters. The molecule has 3 rings (SSSR count). The third kappa shape index (κ3) is 3.53. The summed E-state index contributed by atoms with van der Waals surface area (Å²) in [5, 5.41) is 17.4. The van der Waals surface area contributed by atoms with E-state index < -0.39 is 11.6 Å². The molecule has 0 radical (unpaired) electrons. The Hall–Kier alpha value is -2.35. The predicted molar refractivity (Wildman–Crippen MR) is 91.0 cm³/mol. The summed E-state index contributed by atoms with van der Waals surface area (Å²) in [6.45, 7) is 6.48. The number of aromatic nitrogens is 3. The van der Waals surface area contributed by atoms with Crippen molar-refractivity contribution in [2.24, 2.45) is 0 Å². The van der Waals surface area contributed by atoms with Gasteiger partial charge in [0.15, 0.2) is 0 Å². The third-order valence-corrected chi connectivity index (χ3v) is 4.26. The van der Waals surface area contributed by atoms with Crippen LogP contribution < -0.4 is 0 Å². The van der Waals surface area contributed by atoms with Crippen LogP contribution in [-0.2, 0) is 4.74 Å². The highest BCUT2D eigenvalue weighted by atomic mass is 35.5. The van der Waals surface area contributed by atoms with Crippen LogP contribution in [0.15, 0.2) is 12.1 Å². The number of halogens is 1. The van der Waals surface area contributed by atoms with E-state index in [4.69, 9.17) is 21.4 Å². The highest BCUT2D eigenvalue weighted by molar-refractivity contribution is 6.34. The highest BCUT2D eigenvalue weighted by Crippen LogP contribution is 2.29. The number of benzene rings is 1. The van der Waals surface area contributed by atoms with Gasteiger partial charge in [0.2, 0.25) is 0 Å². The number of aromatic carboxylic acids is 1. The van der Waals surface area contributed by atoms with Crippen LogP contribution in [0.5, 0.6) is 0 Å². The number of rotatable bonds is 2. The van der Waals surface area contributed by atoms with Gasteiger partial charge in [-0.1, -0.05) is 16.8 Å². The molecule has 134 valence electrons. The van der Waals surface area contributed by atoms with Crippen molar-refractivity contribution in [3.8, 4) is 0 Å². The molecule has 25 heavy (non-hydrogen) atoms. The van der Waals surface area contributed by atoms with E-state index in [1.54, 1.807) is 15.6 Å². The maximum atomic E-state index is 12.2. The zero-order chi connectivity index (χ0) is 18.4. The number of carboxylic acid groups (broad SMARTS) is 1. The summed E-state index contributed by atoms with van der Waals surface area (Å²) in [6.07, 6.45) is 0.348. The van der Waals surface area contributed by atoms with E-state index in [1.807, 2.05) is 20.8 Å². The first-order chi connectivity index (χ1) is 11.7. The molecule has 2 heterocycles. The minimum atomic E-state index is -1.11. The molecule has 8 nitrogen and oxygen atoms in total. The molecule has 1 amide bonds. The number of carbonyl (C=O) groups is 2. The van der Waals surface area contributed by atoms with Crippen LogP contribution in [0.25, 0.3) is 11.0 Å². The SMILES string of the molecule is CC(C)(C)OC(=O)N1CCC(n2nnc3cc(C(=O)O)c(Cl)cc32)C1. The molecule has 1 N–H and O–H groups in total. The van der Waals surface area contributed by atoms with Gasteiger partial charge in [-0.05, 0) is 39.3 Å². The second-order valence-corrected chi connectivity index (χ2v) is 7.44. The van der Waals surface area contributed by atoms with Crippen LogP contribution in [0.3, 0.4) is 0 Å². The van der Waals surface area contributed by atoms with Gasteiger partial charge in [-0.2, -0.15) is 0 Å². The molecule has 1 fully saturated rings. The quantitative estimate of drug-likeness (QED) is 0.877. The minimum absolute atomic E-state index is 0.0111. The van der Waals surface area contributed by atoms with E-state index >= 15 is 0 Å². The van der Waals surface area contributed by atoms with Crippen molar-refractivity contribution >= 4 is 34.7 Å². The fraction of sp³-hybridized carbons (Fsp3) is 0.500. The molecule has 1 aromatic carbocycles. The standard InChI is InChI=1S/C16H19ClN4O4/c1-16(2,3)25-15(24)20-5-4-9(8-20)21-13-7-11(17)10(14(22)23)6-12(13)18-19-21/h6-7,9H,4-5,8H2,1-3H3,(H,22,23). The van der Waals surface area contributed by atoms with Gasteiger partial charge in [-0.15, -0.1) is 5.10 Å². The lowest BCUT2D eigenvalue weighted by Gasteiger charge is -2.24. The van der Waals surface area contributed by atoms with E-state index in [1.165, 1.54) is 6.07 Å².